The third-order valence-corrected chi connectivity index (χ3v) is 3.23. The van der Waals surface area contributed by atoms with E-state index in [1.807, 2.05) is 43.5 Å². The van der Waals surface area contributed by atoms with Crippen LogP contribution in [0.25, 0.3) is 11.1 Å². The Bertz CT molecular complexity index is 438. The third kappa shape index (κ3) is 1.46. The Morgan fingerprint density at radius 3 is 2.36 bits per heavy atom. The molecule has 0 unspecified atom stereocenters. The number of benzene rings is 1. The molecule has 2 rings (SSSR count). The van der Waals surface area contributed by atoms with Gasteiger partial charge >= 0.3 is 0 Å². The van der Waals surface area contributed by atoms with E-state index in [4.69, 9.17) is 0 Å². The van der Waals surface area contributed by atoms with Gasteiger partial charge in [-0.2, -0.15) is 4.39 Å². The summed E-state index contributed by atoms with van der Waals surface area (Å²) in [5.41, 5.74) is 3.89. The van der Waals surface area contributed by atoms with Gasteiger partial charge in [0.1, 0.15) is 0 Å². The van der Waals surface area contributed by atoms with Crippen molar-refractivity contribution in [3.05, 3.63) is 45.9 Å². The van der Waals surface area contributed by atoms with Crippen molar-refractivity contribution in [3.63, 3.8) is 0 Å². The zero-order valence-electron chi connectivity index (χ0n) is 8.17. The lowest BCUT2D eigenvalue weighted by Gasteiger charge is -2.04. The average Bonchev–Trinajstić information content (AvgIpc) is 2.48. The Morgan fingerprint density at radius 2 is 1.79 bits per heavy atom. The maximum absolute atomic E-state index is 13.5. The Morgan fingerprint density at radius 1 is 1.07 bits per heavy atom. The minimum atomic E-state index is -0.0863. The molecule has 0 N–H and O–H groups in total. The number of thiophene rings is 1. The van der Waals surface area contributed by atoms with Crippen LogP contribution < -0.4 is 0 Å². The summed E-state index contributed by atoms with van der Waals surface area (Å²) in [5, 5.41) is 1.77. The molecule has 0 saturated carbocycles. The predicted molar refractivity (Wildman–Crippen MR) is 59.2 cm³/mol. The van der Waals surface area contributed by atoms with Crippen molar-refractivity contribution >= 4 is 11.3 Å². The SMILES string of the molecule is Cc1ccccc1-c1c(C)csc1F. The number of hydrogen-bond donors (Lipinski definition) is 0. The van der Waals surface area contributed by atoms with Crippen LogP contribution in [-0.2, 0) is 0 Å². The number of aryl methyl sites for hydroxylation is 2. The van der Waals surface area contributed by atoms with Gasteiger partial charge in [-0.1, -0.05) is 24.3 Å². The molecule has 0 radical (unpaired) electrons. The molecule has 2 heteroatoms. The molecule has 0 aliphatic carbocycles. The highest BCUT2D eigenvalue weighted by Crippen LogP contribution is 2.32. The lowest BCUT2D eigenvalue weighted by atomic mass is 10.0. The lowest BCUT2D eigenvalue weighted by Crippen LogP contribution is -1.84. The van der Waals surface area contributed by atoms with Gasteiger partial charge in [-0.05, 0) is 35.9 Å². The van der Waals surface area contributed by atoms with E-state index in [0.717, 1.165) is 22.3 Å². The standard InChI is InChI=1S/C12H11FS/c1-8-5-3-4-6-10(8)11-9(2)7-14-12(11)13/h3-7H,1-2H3. The van der Waals surface area contributed by atoms with E-state index >= 15 is 0 Å². The van der Waals surface area contributed by atoms with Gasteiger partial charge in [-0.3, -0.25) is 0 Å². The fourth-order valence-electron chi connectivity index (χ4n) is 1.58. The third-order valence-electron chi connectivity index (χ3n) is 2.34. The Labute approximate surface area is 87.0 Å². The van der Waals surface area contributed by atoms with Crippen LogP contribution in [0.5, 0.6) is 0 Å². The van der Waals surface area contributed by atoms with Gasteiger partial charge in [-0.15, -0.1) is 11.3 Å². The van der Waals surface area contributed by atoms with Crippen molar-refractivity contribution in [2.45, 2.75) is 13.8 Å². The molecule has 0 aliphatic heterocycles. The molecular weight excluding hydrogens is 195 g/mol. The average molecular weight is 206 g/mol. The molecule has 0 fully saturated rings. The highest BCUT2D eigenvalue weighted by Gasteiger charge is 2.11. The van der Waals surface area contributed by atoms with Crippen LogP contribution in [0.3, 0.4) is 0 Å². The molecule has 0 atom stereocenters. The van der Waals surface area contributed by atoms with Crippen LogP contribution in [0.4, 0.5) is 4.39 Å². The van der Waals surface area contributed by atoms with Crippen molar-refractivity contribution in [3.8, 4) is 11.1 Å². The molecule has 72 valence electrons. The van der Waals surface area contributed by atoms with Crippen molar-refractivity contribution in [2.75, 3.05) is 0 Å². The van der Waals surface area contributed by atoms with Gasteiger partial charge in [0.25, 0.3) is 0 Å². The minimum Gasteiger partial charge on any atom is -0.194 e. The van der Waals surface area contributed by atoms with E-state index < -0.39 is 0 Å². The molecule has 1 aromatic heterocycles. The summed E-state index contributed by atoms with van der Waals surface area (Å²) >= 11 is 1.17. The molecular formula is C12H11FS. The lowest BCUT2D eigenvalue weighted by molar-refractivity contribution is 0.659. The van der Waals surface area contributed by atoms with Crippen LogP contribution in [0.15, 0.2) is 29.6 Å². The summed E-state index contributed by atoms with van der Waals surface area (Å²) < 4.78 is 13.5. The molecule has 0 amide bonds. The van der Waals surface area contributed by atoms with E-state index in [9.17, 15) is 4.39 Å². The molecule has 1 aromatic carbocycles. The summed E-state index contributed by atoms with van der Waals surface area (Å²) in [7, 11) is 0. The van der Waals surface area contributed by atoms with Crippen LogP contribution in [0.1, 0.15) is 11.1 Å². The zero-order valence-corrected chi connectivity index (χ0v) is 8.99. The maximum Gasteiger partial charge on any atom is 0.184 e. The van der Waals surface area contributed by atoms with Crippen molar-refractivity contribution in [1.82, 2.24) is 0 Å². The van der Waals surface area contributed by atoms with Crippen molar-refractivity contribution < 1.29 is 4.39 Å². The summed E-state index contributed by atoms with van der Waals surface area (Å²) in [4.78, 5) is 0. The van der Waals surface area contributed by atoms with Gasteiger partial charge in [-0.25, -0.2) is 0 Å². The second kappa shape index (κ2) is 3.54. The van der Waals surface area contributed by atoms with Gasteiger partial charge < -0.3 is 0 Å². The van der Waals surface area contributed by atoms with Crippen molar-refractivity contribution in [1.29, 1.82) is 0 Å². The first-order valence-corrected chi connectivity index (χ1v) is 5.37. The van der Waals surface area contributed by atoms with E-state index in [1.165, 1.54) is 11.3 Å². The molecule has 0 nitrogen and oxygen atoms in total. The molecule has 14 heavy (non-hydrogen) atoms. The van der Waals surface area contributed by atoms with Crippen LogP contribution in [0, 0.1) is 19.0 Å². The second-order valence-electron chi connectivity index (χ2n) is 3.38. The first-order valence-electron chi connectivity index (χ1n) is 4.49. The highest BCUT2D eigenvalue weighted by atomic mass is 32.1. The first-order chi connectivity index (χ1) is 6.70. The fourth-order valence-corrected chi connectivity index (χ4v) is 2.37. The number of halogens is 1. The summed E-state index contributed by atoms with van der Waals surface area (Å²) in [6, 6.07) is 7.89. The zero-order chi connectivity index (χ0) is 10.1. The summed E-state index contributed by atoms with van der Waals surface area (Å²) in [5.74, 6) is 0. The van der Waals surface area contributed by atoms with E-state index in [0.29, 0.717) is 0 Å². The second-order valence-corrected chi connectivity index (χ2v) is 4.21. The smallest absolute Gasteiger partial charge is 0.184 e. The molecule has 0 saturated heterocycles. The molecule has 0 bridgehead atoms. The van der Waals surface area contributed by atoms with Gasteiger partial charge in [0.05, 0.1) is 0 Å². The fraction of sp³-hybridized carbons (Fsp3) is 0.167. The normalized spacial score (nSPS) is 10.5. The highest BCUT2D eigenvalue weighted by molar-refractivity contribution is 7.08. The van der Waals surface area contributed by atoms with Crippen LogP contribution in [0.2, 0.25) is 0 Å². The maximum atomic E-state index is 13.5. The molecule has 0 aliphatic rings. The quantitative estimate of drug-likeness (QED) is 0.657. The predicted octanol–water partition coefficient (Wildman–Crippen LogP) is 4.17. The molecule has 2 aromatic rings. The Hall–Kier alpha value is -1.15. The van der Waals surface area contributed by atoms with E-state index in [-0.39, 0.29) is 5.13 Å². The summed E-state index contributed by atoms with van der Waals surface area (Å²) in [6.07, 6.45) is 0. The van der Waals surface area contributed by atoms with Gasteiger partial charge in [0, 0.05) is 5.56 Å². The number of hydrogen-bond acceptors (Lipinski definition) is 1. The topological polar surface area (TPSA) is 0 Å². The Kier molecular flexibility index (Phi) is 2.38. The van der Waals surface area contributed by atoms with Crippen LogP contribution in [-0.4, -0.2) is 0 Å². The number of rotatable bonds is 1. The molecule has 1 heterocycles. The minimum absolute atomic E-state index is 0.0863. The van der Waals surface area contributed by atoms with E-state index in [1.54, 1.807) is 0 Å². The molecule has 0 spiro atoms. The Balaban J connectivity index is 2.66. The summed E-state index contributed by atoms with van der Waals surface area (Å²) in [6.45, 7) is 3.95. The first kappa shape index (κ1) is 9.41. The van der Waals surface area contributed by atoms with Gasteiger partial charge in [0.15, 0.2) is 5.13 Å². The monoisotopic (exact) mass is 206 g/mol. The van der Waals surface area contributed by atoms with Crippen LogP contribution >= 0.6 is 11.3 Å². The van der Waals surface area contributed by atoms with E-state index in [2.05, 4.69) is 0 Å². The van der Waals surface area contributed by atoms with Gasteiger partial charge in [0.2, 0.25) is 0 Å². The van der Waals surface area contributed by atoms with Crippen molar-refractivity contribution in [2.24, 2.45) is 0 Å². The largest absolute Gasteiger partial charge is 0.194 e.